The van der Waals surface area contributed by atoms with Crippen molar-refractivity contribution in [3.8, 4) is 0 Å². The number of ether oxygens (including phenoxy) is 1. The van der Waals surface area contributed by atoms with Crippen molar-refractivity contribution in [2.24, 2.45) is 0 Å². The normalized spacial score (nSPS) is 12.8. The number of anilines is 1. The maximum Gasteiger partial charge on any atom is 0.337 e. The molecule has 0 spiro atoms. The van der Waals surface area contributed by atoms with Crippen molar-refractivity contribution >= 4 is 21.7 Å². The second kappa shape index (κ2) is 6.26. The maximum absolute atomic E-state index is 11.7. The van der Waals surface area contributed by atoms with Crippen LogP contribution in [-0.4, -0.2) is 34.8 Å². The van der Waals surface area contributed by atoms with Crippen molar-refractivity contribution in [2.75, 3.05) is 24.7 Å². The number of sulfonamides is 1. The van der Waals surface area contributed by atoms with E-state index in [0.717, 1.165) is 22.5 Å². The summed E-state index contributed by atoms with van der Waals surface area (Å²) in [7, 11) is -0.605. The third-order valence-electron chi connectivity index (χ3n) is 3.40. The molecule has 20 heavy (non-hydrogen) atoms. The van der Waals surface area contributed by atoms with Crippen LogP contribution >= 0.6 is 0 Å². The van der Waals surface area contributed by atoms with E-state index in [4.69, 9.17) is 4.74 Å². The molecule has 1 aromatic rings. The molecule has 0 aliphatic rings. The Morgan fingerprint density at radius 3 is 2.40 bits per heavy atom. The van der Waals surface area contributed by atoms with E-state index < -0.39 is 16.0 Å². The van der Waals surface area contributed by atoms with Crippen molar-refractivity contribution in [3.05, 3.63) is 29.3 Å². The summed E-state index contributed by atoms with van der Waals surface area (Å²) in [6.07, 6.45) is 2.02. The van der Waals surface area contributed by atoms with Crippen LogP contribution in [0.5, 0.6) is 0 Å². The standard InChI is InChI=1S/C14H21NO4S/c1-6-10(2)11-7-12(14(16)19-4)9-13(8-11)15(3)20(5,17)18/h7-10H,6H2,1-5H3. The fourth-order valence-electron chi connectivity index (χ4n) is 1.76. The fraction of sp³-hybridized carbons (Fsp3) is 0.500. The fourth-order valence-corrected chi connectivity index (χ4v) is 2.25. The van der Waals surface area contributed by atoms with Crippen LogP contribution in [0.15, 0.2) is 18.2 Å². The summed E-state index contributed by atoms with van der Waals surface area (Å²) >= 11 is 0. The molecule has 5 nitrogen and oxygen atoms in total. The van der Waals surface area contributed by atoms with Gasteiger partial charge in [-0.15, -0.1) is 0 Å². The highest BCUT2D eigenvalue weighted by Crippen LogP contribution is 2.27. The number of rotatable bonds is 5. The van der Waals surface area contributed by atoms with Gasteiger partial charge in [0, 0.05) is 7.05 Å². The van der Waals surface area contributed by atoms with Gasteiger partial charge in [0.1, 0.15) is 0 Å². The van der Waals surface area contributed by atoms with E-state index in [9.17, 15) is 13.2 Å². The number of carbonyl (C=O) groups excluding carboxylic acids is 1. The number of methoxy groups -OCH3 is 1. The van der Waals surface area contributed by atoms with E-state index in [-0.39, 0.29) is 5.92 Å². The summed E-state index contributed by atoms with van der Waals surface area (Å²) < 4.78 is 29.2. The second-order valence-corrected chi connectivity index (χ2v) is 6.86. The van der Waals surface area contributed by atoms with Gasteiger partial charge in [-0.2, -0.15) is 0 Å². The van der Waals surface area contributed by atoms with Crippen molar-refractivity contribution in [2.45, 2.75) is 26.2 Å². The zero-order chi connectivity index (χ0) is 15.5. The number of benzene rings is 1. The van der Waals surface area contributed by atoms with Crippen molar-refractivity contribution in [1.82, 2.24) is 0 Å². The number of esters is 1. The topological polar surface area (TPSA) is 63.7 Å². The van der Waals surface area contributed by atoms with Crippen LogP contribution in [0, 0.1) is 0 Å². The molecular formula is C14H21NO4S. The molecule has 0 aliphatic heterocycles. The molecule has 0 radical (unpaired) electrons. The summed E-state index contributed by atoms with van der Waals surface area (Å²) in [4.78, 5) is 11.7. The number of hydrogen-bond acceptors (Lipinski definition) is 4. The van der Waals surface area contributed by atoms with E-state index in [1.165, 1.54) is 20.2 Å². The Balaban J connectivity index is 3.41. The van der Waals surface area contributed by atoms with Gasteiger partial charge in [-0.25, -0.2) is 13.2 Å². The first-order chi connectivity index (χ1) is 9.20. The summed E-state index contributed by atoms with van der Waals surface area (Å²) in [6, 6.07) is 5.07. The minimum absolute atomic E-state index is 0.228. The summed E-state index contributed by atoms with van der Waals surface area (Å²) in [6.45, 7) is 4.07. The third kappa shape index (κ3) is 3.72. The molecule has 0 bridgehead atoms. The van der Waals surface area contributed by atoms with Crippen LogP contribution in [0.1, 0.15) is 42.1 Å². The van der Waals surface area contributed by atoms with Gasteiger partial charge >= 0.3 is 5.97 Å². The van der Waals surface area contributed by atoms with Gasteiger partial charge in [-0.1, -0.05) is 13.8 Å². The van der Waals surface area contributed by atoms with Crippen molar-refractivity contribution < 1.29 is 17.9 Å². The molecule has 0 aliphatic carbocycles. The molecule has 1 atom stereocenters. The molecule has 0 heterocycles. The third-order valence-corrected chi connectivity index (χ3v) is 4.61. The molecule has 0 saturated carbocycles. The SMILES string of the molecule is CCC(C)c1cc(C(=O)OC)cc(N(C)S(C)(=O)=O)c1. The smallest absolute Gasteiger partial charge is 0.337 e. The van der Waals surface area contributed by atoms with Gasteiger partial charge in [-0.05, 0) is 36.1 Å². The highest BCUT2D eigenvalue weighted by Gasteiger charge is 2.17. The lowest BCUT2D eigenvalue weighted by atomic mass is 9.96. The van der Waals surface area contributed by atoms with Crippen LogP contribution in [0.2, 0.25) is 0 Å². The van der Waals surface area contributed by atoms with E-state index in [1.807, 2.05) is 13.8 Å². The predicted octanol–water partition coefficient (Wildman–Crippen LogP) is 2.38. The Morgan fingerprint density at radius 1 is 1.35 bits per heavy atom. The highest BCUT2D eigenvalue weighted by atomic mass is 32.2. The predicted molar refractivity (Wildman–Crippen MR) is 79.7 cm³/mol. The van der Waals surface area contributed by atoms with Crippen LogP contribution < -0.4 is 4.31 Å². The zero-order valence-electron chi connectivity index (χ0n) is 12.5. The second-order valence-electron chi connectivity index (χ2n) is 4.84. The van der Waals surface area contributed by atoms with E-state index >= 15 is 0 Å². The monoisotopic (exact) mass is 299 g/mol. The highest BCUT2D eigenvalue weighted by molar-refractivity contribution is 7.92. The molecule has 0 saturated heterocycles. The lowest BCUT2D eigenvalue weighted by Crippen LogP contribution is -2.25. The van der Waals surface area contributed by atoms with E-state index in [2.05, 4.69) is 0 Å². The van der Waals surface area contributed by atoms with Crippen molar-refractivity contribution in [3.63, 3.8) is 0 Å². The van der Waals surface area contributed by atoms with Crippen LogP contribution in [0.4, 0.5) is 5.69 Å². The first-order valence-electron chi connectivity index (χ1n) is 6.37. The Bertz CT molecular complexity index is 595. The zero-order valence-corrected chi connectivity index (χ0v) is 13.3. The summed E-state index contributed by atoms with van der Waals surface area (Å²) in [5, 5.41) is 0. The Labute approximate surface area is 120 Å². The molecule has 112 valence electrons. The molecule has 0 N–H and O–H groups in total. The van der Waals surface area contributed by atoms with E-state index in [1.54, 1.807) is 12.1 Å². The Kier molecular flexibility index (Phi) is 5.16. The van der Waals surface area contributed by atoms with Gasteiger partial charge in [0.05, 0.1) is 24.6 Å². The van der Waals surface area contributed by atoms with Crippen LogP contribution in [0.25, 0.3) is 0 Å². The molecule has 1 aromatic carbocycles. The summed E-state index contributed by atoms with van der Waals surface area (Å²) in [5.74, 6) is -0.246. The van der Waals surface area contributed by atoms with Gasteiger partial charge in [0.25, 0.3) is 0 Å². The molecule has 6 heteroatoms. The first-order valence-corrected chi connectivity index (χ1v) is 8.22. The molecule has 0 amide bonds. The van der Waals surface area contributed by atoms with Crippen LogP contribution in [0.3, 0.4) is 0 Å². The van der Waals surface area contributed by atoms with Gasteiger partial charge < -0.3 is 4.74 Å². The number of nitrogens with zero attached hydrogens (tertiary/aromatic N) is 1. The number of hydrogen-bond donors (Lipinski definition) is 0. The van der Waals surface area contributed by atoms with Gasteiger partial charge in [-0.3, -0.25) is 4.31 Å². The minimum Gasteiger partial charge on any atom is -0.465 e. The molecule has 1 rings (SSSR count). The lowest BCUT2D eigenvalue weighted by molar-refractivity contribution is 0.0600. The molecule has 1 unspecified atom stereocenters. The summed E-state index contributed by atoms with van der Waals surface area (Å²) in [5.41, 5.74) is 1.74. The van der Waals surface area contributed by atoms with Crippen molar-refractivity contribution in [1.29, 1.82) is 0 Å². The molecular weight excluding hydrogens is 278 g/mol. The van der Waals surface area contributed by atoms with Crippen LogP contribution in [-0.2, 0) is 14.8 Å². The van der Waals surface area contributed by atoms with E-state index in [0.29, 0.717) is 11.3 Å². The number of carbonyl (C=O) groups is 1. The lowest BCUT2D eigenvalue weighted by Gasteiger charge is -2.20. The average molecular weight is 299 g/mol. The molecule has 0 fully saturated rings. The average Bonchev–Trinajstić information content (AvgIpc) is 2.43. The Morgan fingerprint density at radius 2 is 1.95 bits per heavy atom. The Hall–Kier alpha value is -1.56. The minimum atomic E-state index is -3.37. The van der Waals surface area contributed by atoms with Gasteiger partial charge in [0.15, 0.2) is 0 Å². The first kappa shape index (κ1) is 16.5. The largest absolute Gasteiger partial charge is 0.465 e. The van der Waals surface area contributed by atoms with Gasteiger partial charge in [0.2, 0.25) is 10.0 Å². The molecule has 0 aromatic heterocycles. The quantitative estimate of drug-likeness (QED) is 0.783. The maximum atomic E-state index is 11.7.